The number of rotatable bonds is 6. The molecular weight excluding hydrogens is 380 g/mol. The number of benzene rings is 1. The maximum Gasteiger partial charge on any atom is 0.232 e. The van der Waals surface area contributed by atoms with E-state index in [1.807, 2.05) is 16.5 Å². The average Bonchev–Trinajstić information content (AvgIpc) is 3.13. The normalized spacial score (nSPS) is 29.9. The second-order valence-corrected chi connectivity index (χ2v) is 10.7. The average molecular weight is 411 g/mol. The Bertz CT molecular complexity index is 855. The van der Waals surface area contributed by atoms with Crippen LogP contribution in [0.4, 0.5) is 0 Å². The van der Waals surface area contributed by atoms with Gasteiger partial charge in [-0.3, -0.25) is 9.36 Å². The zero-order chi connectivity index (χ0) is 20.0. The van der Waals surface area contributed by atoms with E-state index >= 15 is 0 Å². The minimum atomic E-state index is 0.198. The Kier molecular flexibility index (Phi) is 4.93. The molecule has 0 spiro atoms. The highest BCUT2D eigenvalue weighted by Gasteiger charge is 2.51. The molecule has 1 aromatic carbocycles. The molecule has 5 nitrogen and oxygen atoms in total. The van der Waals surface area contributed by atoms with Crippen molar-refractivity contribution in [2.24, 2.45) is 23.2 Å². The maximum absolute atomic E-state index is 12.9. The first kappa shape index (κ1) is 19.2. The summed E-state index contributed by atoms with van der Waals surface area (Å²) in [5, 5.41) is 9.06. The van der Waals surface area contributed by atoms with Gasteiger partial charge in [-0.1, -0.05) is 29.5 Å². The Balaban J connectivity index is 1.21. The third-order valence-electron chi connectivity index (χ3n) is 7.32. The molecule has 6 rings (SSSR count). The molecule has 0 radical (unpaired) electrons. The molecule has 0 unspecified atom stereocenters. The molecule has 4 saturated carbocycles. The number of thioether (sulfide) groups is 1. The molecule has 4 aliphatic carbocycles. The van der Waals surface area contributed by atoms with E-state index in [2.05, 4.69) is 41.4 Å². The number of aromatic nitrogens is 3. The smallest absolute Gasteiger partial charge is 0.232 e. The lowest BCUT2D eigenvalue weighted by atomic mass is 9.49. The van der Waals surface area contributed by atoms with Crippen molar-refractivity contribution < 1.29 is 4.79 Å². The minimum absolute atomic E-state index is 0.198. The molecule has 4 aliphatic rings. The number of aryl methyl sites for hydroxylation is 1. The number of hydrogen-bond donors (Lipinski definition) is 0. The summed E-state index contributed by atoms with van der Waals surface area (Å²) in [6.07, 6.45) is 10.1. The molecule has 0 N–H and O–H groups in total. The fourth-order valence-electron chi connectivity index (χ4n) is 6.52. The predicted molar refractivity (Wildman–Crippen MR) is 115 cm³/mol. The summed E-state index contributed by atoms with van der Waals surface area (Å²) in [7, 11) is 1.99. The van der Waals surface area contributed by atoms with Gasteiger partial charge >= 0.3 is 0 Å². The van der Waals surface area contributed by atoms with E-state index in [4.69, 9.17) is 0 Å². The zero-order valence-electron chi connectivity index (χ0n) is 17.4. The van der Waals surface area contributed by atoms with Crippen molar-refractivity contribution >= 4 is 17.7 Å². The van der Waals surface area contributed by atoms with Gasteiger partial charge < -0.3 is 4.90 Å². The summed E-state index contributed by atoms with van der Waals surface area (Å²) in [6, 6.07) is 8.27. The fourth-order valence-corrected chi connectivity index (χ4v) is 7.39. The first-order valence-electron chi connectivity index (χ1n) is 10.8. The first-order valence-corrected chi connectivity index (χ1v) is 11.8. The molecule has 6 heteroatoms. The number of nitrogens with zero attached hydrogens (tertiary/aromatic N) is 4. The van der Waals surface area contributed by atoms with Crippen molar-refractivity contribution in [3.05, 3.63) is 36.2 Å². The molecule has 2 aromatic rings. The monoisotopic (exact) mass is 410 g/mol. The highest BCUT2D eigenvalue weighted by Crippen LogP contribution is 2.60. The summed E-state index contributed by atoms with van der Waals surface area (Å²) >= 11 is 1.48. The highest BCUT2D eigenvalue weighted by molar-refractivity contribution is 7.99. The molecule has 154 valence electrons. The van der Waals surface area contributed by atoms with E-state index in [0.717, 1.165) is 35.1 Å². The van der Waals surface area contributed by atoms with Gasteiger partial charge in [-0.2, -0.15) is 0 Å². The Morgan fingerprint density at radius 2 is 1.76 bits per heavy atom. The minimum Gasteiger partial charge on any atom is -0.344 e. The summed E-state index contributed by atoms with van der Waals surface area (Å²) in [5.74, 6) is 3.38. The summed E-state index contributed by atoms with van der Waals surface area (Å²) in [5.41, 5.74) is 2.64. The van der Waals surface area contributed by atoms with Crippen LogP contribution in [0.5, 0.6) is 0 Å². The largest absolute Gasteiger partial charge is 0.344 e. The van der Waals surface area contributed by atoms with Gasteiger partial charge in [0.2, 0.25) is 5.91 Å². The molecule has 29 heavy (non-hydrogen) atoms. The Hall–Kier alpha value is -1.82. The lowest BCUT2D eigenvalue weighted by Crippen LogP contribution is -2.51. The van der Waals surface area contributed by atoms with Gasteiger partial charge in [-0.25, -0.2) is 0 Å². The molecular formula is C23H30N4OS. The van der Waals surface area contributed by atoms with Crippen LogP contribution < -0.4 is 0 Å². The quantitative estimate of drug-likeness (QED) is 0.665. The van der Waals surface area contributed by atoms with E-state index in [0.29, 0.717) is 11.2 Å². The van der Waals surface area contributed by atoms with Crippen LogP contribution in [0.15, 0.2) is 35.7 Å². The third kappa shape index (κ3) is 3.83. The van der Waals surface area contributed by atoms with E-state index in [9.17, 15) is 4.79 Å². The van der Waals surface area contributed by atoms with Crippen molar-refractivity contribution in [1.29, 1.82) is 0 Å². The van der Waals surface area contributed by atoms with Crippen LogP contribution in [0.3, 0.4) is 0 Å². The molecule has 1 aromatic heterocycles. The number of hydrogen-bond acceptors (Lipinski definition) is 4. The maximum atomic E-state index is 12.9. The van der Waals surface area contributed by atoms with Crippen molar-refractivity contribution in [3.8, 4) is 5.69 Å². The van der Waals surface area contributed by atoms with Gasteiger partial charge in [0.25, 0.3) is 0 Å². The van der Waals surface area contributed by atoms with Gasteiger partial charge in [0, 0.05) is 19.3 Å². The number of carbonyl (C=O) groups excluding carboxylic acids is 1. The SMILES string of the molecule is Cc1ccc(-n2cnnc2SCC(=O)N(C)CC23CC4CC(CC(C4)C2)C3)cc1. The topological polar surface area (TPSA) is 51.0 Å². The predicted octanol–water partition coefficient (Wildman–Crippen LogP) is 4.34. The Morgan fingerprint density at radius 1 is 1.14 bits per heavy atom. The van der Waals surface area contributed by atoms with Crippen LogP contribution in [-0.4, -0.2) is 44.9 Å². The van der Waals surface area contributed by atoms with Crippen LogP contribution in [0, 0.1) is 30.1 Å². The Labute approximate surface area is 177 Å². The van der Waals surface area contributed by atoms with Crippen molar-refractivity contribution in [3.63, 3.8) is 0 Å². The molecule has 0 aliphatic heterocycles. The molecule has 0 atom stereocenters. The van der Waals surface area contributed by atoms with Gasteiger partial charge in [0.15, 0.2) is 5.16 Å². The molecule has 4 fully saturated rings. The lowest BCUT2D eigenvalue weighted by Gasteiger charge is -2.57. The highest BCUT2D eigenvalue weighted by atomic mass is 32.2. The van der Waals surface area contributed by atoms with E-state index < -0.39 is 0 Å². The summed E-state index contributed by atoms with van der Waals surface area (Å²) < 4.78 is 1.95. The number of carbonyl (C=O) groups is 1. The van der Waals surface area contributed by atoms with Crippen LogP contribution in [0.1, 0.15) is 44.1 Å². The molecule has 0 saturated heterocycles. The molecule has 4 bridgehead atoms. The molecule has 1 amide bonds. The van der Waals surface area contributed by atoms with Crippen molar-refractivity contribution in [2.45, 2.75) is 50.6 Å². The van der Waals surface area contributed by atoms with Crippen LogP contribution in [-0.2, 0) is 4.79 Å². The molecule has 1 heterocycles. The third-order valence-corrected chi connectivity index (χ3v) is 8.24. The van der Waals surface area contributed by atoms with Gasteiger partial charge in [0.05, 0.1) is 5.75 Å². The Morgan fingerprint density at radius 3 is 2.38 bits per heavy atom. The lowest BCUT2D eigenvalue weighted by molar-refractivity contribution is -0.132. The summed E-state index contributed by atoms with van der Waals surface area (Å²) in [6.45, 7) is 3.00. The van der Waals surface area contributed by atoms with E-state index in [1.165, 1.54) is 55.9 Å². The summed E-state index contributed by atoms with van der Waals surface area (Å²) in [4.78, 5) is 14.9. The standard InChI is InChI=1S/C23H30N4OS/c1-16-3-5-20(6-4-16)27-15-24-25-22(27)29-13-21(28)26(2)14-23-10-17-7-18(11-23)9-19(8-17)12-23/h3-6,15,17-19H,7-14H2,1-2H3. The van der Waals surface area contributed by atoms with E-state index in [-0.39, 0.29) is 5.91 Å². The first-order chi connectivity index (χ1) is 14.0. The van der Waals surface area contributed by atoms with Gasteiger partial charge in [-0.05, 0) is 80.8 Å². The second-order valence-electron chi connectivity index (χ2n) is 9.78. The fraction of sp³-hybridized carbons (Fsp3) is 0.609. The van der Waals surface area contributed by atoms with E-state index in [1.54, 1.807) is 6.33 Å². The van der Waals surface area contributed by atoms with Crippen LogP contribution >= 0.6 is 11.8 Å². The van der Waals surface area contributed by atoms with Crippen LogP contribution in [0.2, 0.25) is 0 Å². The van der Waals surface area contributed by atoms with Crippen molar-refractivity contribution in [2.75, 3.05) is 19.3 Å². The van der Waals surface area contributed by atoms with Crippen LogP contribution in [0.25, 0.3) is 5.69 Å². The van der Waals surface area contributed by atoms with Gasteiger partial charge in [0.1, 0.15) is 6.33 Å². The van der Waals surface area contributed by atoms with Gasteiger partial charge in [-0.15, -0.1) is 10.2 Å². The zero-order valence-corrected chi connectivity index (χ0v) is 18.2. The second kappa shape index (κ2) is 7.46. The van der Waals surface area contributed by atoms with Crippen molar-refractivity contribution in [1.82, 2.24) is 19.7 Å². The number of amides is 1.